The average Bonchev–Trinajstić information content (AvgIpc) is 2.82. The normalized spacial score (nSPS) is 20.6. The molecule has 2 aliphatic heterocycles. The number of nitrogens with one attached hydrogen (secondary N) is 1. The van der Waals surface area contributed by atoms with E-state index >= 15 is 0 Å². The predicted molar refractivity (Wildman–Crippen MR) is 126 cm³/mol. The molecule has 2 heterocycles. The van der Waals surface area contributed by atoms with Crippen molar-refractivity contribution in [3.8, 4) is 0 Å². The van der Waals surface area contributed by atoms with Crippen LogP contribution in [0.2, 0.25) is 5.02 Å². The Kier molecular flexibility index (Phi) is 7.45. The Balaban J connectivity index is 1.53. The van der Waals surface area contributed by atoms with Crippen LogP contribution in [0.1, 0.15) is 30.0 Å². The van der Waals surface area contributed by atoms with E-state index in [2.05, 4.69) is 10.2 Å². The lowest BCUT2D eigenvalue weighted by Crippen LogP contribution is -2.50. The van der Waals surface area contributed by atoms with E-state index in [1.54, 1.807) is 6.07 Å². The molecule has 6 nitrogen and oxygen atoms in total. The maximum absolute atomic E-state index is 13.5. The fourth-order valence-corrected chi connectivity index (χ4v) is 4.71. The topological polar surface area (TPSA) is 61.9 Å². The summed E-state index contributed by atoms with van der Waals surface area (Å²) in [5, 5.41) is 3.66. The molecule has 0 spiro atoms. The zero-order valence-electron chi connectivity index (χ0n) is 18.4. The first kappa shape index (κ1) is 22.8. The summed E-state index contributed by atoms with van der Waals surface area (Å²) in [5.74, 6) is -0.0409. The van der Waals surface area contributed by atoms with Crippen molar-refractivity contribution in [3.05, 3.63) is 64.7 Å². The lowest BCUT2D eigenvalue weighted by molar-refractivity contribution is -0.142. The zero-order chi connectivity index (χ0) is 22.5. The van der Waals surface area contributed by atoms with Gasteiger partial charge >= 0.3 is 0 Å². The van der Waals surface area contributed by atoms with E-state index in [9.17, 15) is 9.59 Å². The molecule has 7 heteroatoms. The van der Waals surface area contributed by atoms with Crippen LogP contribution < -0.4 is 5.32 Å². The first-order valence-electron chi connectivity index (χ1n) is 11.3. The van der Waals surface area contributed by atoms with Gasteiger partial charge in [0.15, 0.2) is 0 Å². The zero-order valence-corrected chi connectivity index (χ0v) is 19.2. The van der Waals surface area contributed by atoms with Gasteiger partial charge in [-0.2, -0.15) is 0 Å². The highest BCUT2D eigenvalue weighted by Gasteiger charge is 2.36. The van der Waals surface area contributed by atoms with Gasteiger partial charge in [-0.3, -0.25) is 14.5 Å². The fourth-order valence-electron chi connectivity index (χ4n) is 4.53. The van der Waals surface area contributed by atoms with E-state index in [1.165, 1.54) is 0 Å². The summed E-state index contributed by atoms with van der Waals surface area (Å²) in [6.07, 6.45) is 1.73. The van der Waals surface area contributed by atoms with Gasteiger partial charge < -0.3 is 15.0 Å². The number of aryl methyl sites for hydroxylation is 1. The van der Waals surface area contributed by atoms with Crippen molar-refractivity contribution in [1.29, 1.82) is 0 Å². The lowest BCUT2D eigenvalue weighted by Gasteiger charge is -2.39. The van der Waals surface area contributed by atoms with Crippen LogP contribution in [0.5, 0.6) is 0 Å². The van der Waals surface area contributed by atoms with Crippen molar-refractivity contribution in [1.82, 2.24) is 9.80 Å². The Bertz CT molecular complexity index is 947. The van der Waals surface area contributed by atoms with E-state index in [4.69, 9.17) is 16.3 Å². The summed E-state index contributed by atoms with van der Waals surface area (Å²) in [6.45, 7) is 5.75. The van der Waals surface area contributed by atoms with Crippen molar-refractivity contribution in [3.63, 3.8) is 0 Å². The first-order chi connectivity index (χ1) is 15.5. The molecule has 2 amide bonds. The molecule has 0 unspecified atom stereocenters. The third-order valence-corrected chi connectivity index (χ3v) is 6.70. The van der Waals surface area contributed by atoms with Crippen LogP contribution in [0.3, 0.4) is 0 Å². The standard InChI is InChI=1S/C25H30ClN3O3/c1-18-9-10-21(16-22(18)26)27-24(30)23(19-6-3-2-4-7-19)29-11-5-8-20(17-29)25(31)28-12-14-32-15-13-28/h2-4,6-7,9-10,16,20,23H,5,8,11-15,17H2,1H3,(H,27,30)/t20-,23-/m0/s1. The minimum atomic E-state index is -0.475. The molecule has 170 valence electrons. The van der Waals surface area contributed by atoms with E-state index < -0.39 is 6.04 Å². The summed E-state index contributed by atoms with van der Waals surface area (Å²) >= 11 is 6.26. The van der Waals surface area contributed by atoms with Crippen LogP contribution in [-0.2, 0) is 14.3 Å². The summed E-state index contributed by atoms with van der Waals surface area (Å²) in [4.78, 5) is 30.6. The van der Waals surface area contributed by atoms with Gasteiger partial charge in [0.25, 0.3) is 0 Å². The molecule has 1 N–H and O–H groups in total. The lowest BCUT2D eigenvalue weighted by atomic mass is 9.93. The van der Waals surface area contributed by atoms with Crippen LogP contribution in [-0.4, -0.2) is 61.0 Å². The highest BCUT2D eigenvalue weighted by Crippen LogP contribution is 2.30. The third kappa shape index (κ3) is 5.31. The van der Waals surface area contributed by atoms with E-state index in [0.717, 1.165) is 30.5 Å². The Hall–Kier alpha value is -2.41. The number of carbonyl (C=O) groups excluding carboxylic acids is 2. The van der Waals surface area contributed by atoms with Crippen LogP contribution >= 0.6 is 11.6 Å². The Labute approximate surface area is 194 Å². The van der Waals surface area contributed by atoms with E-state index in [0.29, 0.717) is 43.6 Å². The van der Waals surface area contributed by atoms with Crippen molar-refractivity contribution < 1.29 is 14.3 Å². The van der Waals surface area contributed by atoms with Crippen molar-refractivity contribution in [2.75, 3.05) is 44.7 Å². The van der Waals surface area contributed by atoms with Crippen molar-refractivity contribution in [2.45, 2.75) is 25.8 Å². The molecule has 2 fully saturated rings. The van der Waals surface area contributed by atoms with Gasteiger partial charge in [0.1, 0.15) is 6.04 Å². The molecule has 2 atom stereocenters. The molecule has 0 aliphatic carbocycles. The number of halogens is 1. The van der Waals surface area contributed by atoms with Gasteiger partial charge in [-0.15, -0.1) is 0 Å². The number of anilines is 1. The predicted octanol–water partition coefficient (Wildman–Crippen LogP) is 3.90. The average molecular weight is 456 g/mol. The quantitative estimate of drug-likeness (QED) is 0.742. The molecule has 0 saturated carbocycles. The number of piperidine rings is 1. The highest BCUT2D eigenvalue weighted by atomic mass is 35.5. The molecule has 2 aromatic carbocycles. The molecule has 0 radical (unpaired) electrons. The second kappa shape index (κ2) is 10.5. The Morgan fingerprint density at radius 2 is 1.84 bits per heavy atom. The van der Waals surface area contributed by atoms with Gasteiger partial charge in [0.05, 0.1) is 19.1 Å². The van der Waals surface area contributed by atoms with Gasteiger partial charge in [-0.05, 0) is 49.6 Å². The summed E-state index contributed by atoms with van der Waals surface area (Å²) in [6, 6.07) is 14.8. The van der Waals surface area contributed by atoms with Crippen LogP contribution in [0, 0.1) is 12.8 Å². The number of hydrogen-bond donors (Lipinski definition) is 1. The second-order valence-electron chi connectivity index (χ2n) is 8.54. The fraction of sp³-hybridized carbons (Fsp3) is 0.440. The monoisotopic (exact) mass is 455 g/mol. The van der Waals surface area contributed by atoms with Gasteiger partial charge in [-0.25, -0.2) is 0 Å². The van der Waals surface area contributed by atoms with E-state index in [1.807, 2.05) is 54.3 Å². The number of nitrogens with zero attached hydrogens (tertiary/aromatic N) is 2. The molecule has 2 aliphatic rings. The minimum Gasteiger partial charge on any atom is -0.378 e. The summed E-state index contributed by atoms with van der Waals surface area (Å²) in [7, 11) is 0. The molecule has 4 rings (SSSR count). The van der Waals surface area contributed by atoms with Gasteiger partial charge in [-0.1, -0.05) is 48.0 Å². The minimum absolute atomic E-state index is 0.102. The van der Waals surface area contributed by atoms with Gasteiger partial charge in [0.2, 0.25) is 11.8 Å². The first-order valence-corrected chi connectivity index (χ1v) is 11.6. The van der Waals surface area contributed by atoms with Gasteiger partial charge in [0, 0.05) is 30.3 Å². The number of rotatable bonds is 5. The Morgan fingerprint density at radius 3 is 2.56 bits per heavy atom. The molecule has 32 heavy (non-hydrogen) atoms. The number of likely N-dealkylation sites (tertiary alicyclic amines) is 1. The number of morpholine rings is 1. The summed E-state index contributed by atoms with van der Waals surface area (Å²) < 4.78 is 5.39. The Morgan fingerprint density at radius 1 is 1.09 bits per heavy atom. The molecule has 2 aromatic rings. The maximum Gasteiger partial charge on any atom is 0.246 e. The molecule has 0 aromatic heterocycles. The number of benzene rings is 2. The maximum atomic E-state index is 13.5. The molecular formula is C25H30ClN3O3. The largest absolute Gasteiger partial charge is 0.378 e. The smallest absolute Gasteiger partial charge is 0.246 e. The third-order valence-electron chi connectivity index (χ3n) is 6.29. The van der Waals surface area contributed by atoms with Crippen LogP contribution in [0.4, 0.5) is 5.69 Å². The summed E-state index contributed by atoms with van der Waals surface area (Å²) in [5.41, 5.74) is 2.55. The molecular weight excluding hydrogens is 426 g/mol. The van der Waals surface area contributed by atoms with Crippen LogP contribution in [0.15, 0.2) is 48.5 Å². The SMILES string of the molecule is Cc1ccc(NC(=O)[C@H](c2ccccc2)N2CCC[C@H](C(=O)N3CCOCC3)C2)cc1Cl. The van der Waals surface area contributed by atoms with Crippen molar-refractivity contribution >= 4 is 29.1 Å². The van der Waals surface area contributed by atoms with Crippen LogP contribution in [0.25, 0.3) is 0 Å². The number of hydrogen-bond acceptors (Lipinski definition) is 4. The van der Waals surface area contributed by atoms with Crippen molar-refractivity contribution in [2.24, 2.45) is 5.92 Å². The number of ether oxygens (including phenoxy) is 1. The van der Waals surface area contributed by atoms with E-state index in [-0.39, 0.29) is 17.7 Å². The molecule has 2 saturated heterocycles. The molecule has 0 bridgehead atoms. The number of amides is 2. The number of carbonyl (C=O) groups is 2. The highest BCUT2D eigenvalue weighted by molar-refractivity contribution is 6.31. The second-order valence-corrected chi connectivity index (χ2v) is 8.95.